The highest BCUT2D eigenvalue weighted by Crippen LogP contribution is 2.41. The van der Waals surface area contributed by atoms with E-state index in [0.29, 0.717) is 6.61 Å². The lowest BCUT2D eigenvalue weighted by Crippen LogP contribution is -2.27. The number of nitrogens with zero attached hydrogens (tertiary/aromatic N) is 1. The summed E-state index contributed by atoms with van der Waals surface area (Å²) in [4.78, 5) is 13.9. The predicted molar refractivity (Wildman–Crippen MR) is 104 cm³/mol. The number of hydrogen-bond donors (Lipinski definition) is 1. The van der Waals surface area contributed by atoms with Gasteiger partial charge in [0.15, 0.2) is 0 Å². The van der Waals surface area contributed by atoms with Crippen LogP contribution in [0, 0.1) is 0 Å². The molecule has 4 heteroatoms. The largest absolute Gasteiger partial charge is 0.488 e. The summed E-state index contributed by atoms with van der Waals surface area (Å²) in [6.07, 6.45) is 2.12. The first-order valence-corrected chi connectivity index (χ1v) is 9.15. The van der Waals surface area contributed by atoms with Crippen molar-refractivity contribution >= 4 is 17.2 Å². The Hall–Kier alpha value is -2.59. The van der Waals surface area contributed by atoms with E-state index in [1.807, 2.05) is 12.1 Å². The van der Waals surface area contributed by atoms with Gasteiger partial charge >= 0.3 is 0 Å². The third-order valence-electron chi connectivity index (χ3n) is 5.18. The second kappa shape index (κ2) is 6.96. The first-order chi connectivity index (χ1) is 12.6. The monoisotopic (exact) mass is 348 g/mol. The van der Waals surface area contributed by atoms with E-state index in [1.54, 1.807) is 0 Å². The first kappa shape index (κ1) is 16.9. The van der Waals surface area contributed by atoms with Gasteiger partial charge in [0.25, 0.3) is 0 Å². The van der Waals surface area contributed by atoms with Gasteiger partial charge in [-0.3, -0.25) is 4.79 Å². The number of carbonyl (C=O) groups is 1. The fourth-order valence-corrected chi connectivity index (χ4v) is 3.84. The molecule has 1 N–H and O–H groups in total. The Morgan fingerprint density at radius 2 is 1.85 bits per heavy atom. The van der Waals surface area contributed by atoms with Crippen LogP contribution in [0.5, 0.6) is 5.75 Å². The summed E-state index contributed by atoms with van der Waals surface area (Å²) >= 11 is 0. The van der Waals surface area contributed by atoms with Crippen LogP contribution in [0.2, 0.25) is 0 Å². The molecule has 0 aliphatic carbocycles. The molecule has 134 valence electrons. The molecule has 2 heterocycles. The lowest BCUT2D eigenvalue weighted by atomic mass is 9.86. The predicted octanol–water partition coefficient (Wildman–Crippen LogP) is 4.06. The molecular weight excluding hydrogens is 324 g/mol. The van der Waals surface area contributed by atoms with E-state index in [1.165, 1.54) is 29.2 Å². The Bertz CT molecular complexity index is 875. The molecule has 2 aromatic rings. The second-order valence-electron chi connectivity index (χ2n) is 7.12. The molecule has 0 saturated carbocycles. The number of piperidine rings is 1. The lowest BCUT2D eigenvalue weighted by Gasteiger charge is -2.27. The summed E-state index contributed by atoms with van der Waals surface area (Å²) in [7, 11) is 2.18. The Morgan fingerprint density at radius 3 is 2.62 bits per heavy atom. The minimum Gasteiger partial charge on any atom is -0.488 e. The maximum atomic E-state index is 11.5. The highest BCUT2D eigenvalue weighted by atomic mass is 16.5. The number of fused-ring (bicyclic) bond motifs is 2. The summed E-state index contributed by atoms with van der Waals surface area (Å²) in [6, 6.07) is 14.4. The van der Waals surface area contributed by atoms with Crippen LogP contribution in [0.4, 0.5) is 5.69 Å². The molecule has 4 nitrogen and oxygen atoms in total. The van der Waals surface area contributed by atoms with Crippen molar-refractivity contribution in [2.24, 2.45) is 0 Å². The van der Waals surface area contributed by atoms with Gasteiger partial charge in [0.1, 0.15) is 12.4 Å². The van der Waals surface area contributed by atoms with Crippen LogP contribution in [0.1, 0.15) is 36.5 Å². The summed E-state index contributed by atoms with van der Waals surface area (Å²) in [5.41, 5.74) is 7.12. The Labute approximate surface area is 154 Å². The zero-order valence-electron chi connectivity index (χ0n) is 15.3. The Kier molecular flexibility index (Phi) is 4.51. The van der Waals surface area contributed by atoms with Crippen molar-refractivity contribution in [3.8, 4) is 5.75 Å². The van der Waals surface area contributed by atoms with Crippen LogP contribution in [0.3, 0.4) is 0 Å². The second-order valence-corrected chi connectivity index (χ2v) is 7.12. The van der Waals surface area contributed by atoms with E-state index >= 15 is 0 Å². The highest BCUT2D eigenvalue weighted by molar-refractivity contribution is 5.92. The minimum absolute atomic E-state index is 0.0617. The molecule has 0 bridgehead atoms. The third-order valence-corrected chi connectivity index (χ3v) is 5.18. The van der Waals surface area contributed by atoms with Crippen LogP contribution in [0.15, 0.2) is 48.0 Å². The fourth-order valence-electron chi connectivity index (χ4n) is 3.84. The quantitative estimate of drug-likeness (QED) is 0.845. The number of amides is 1. The molecule has 1 amide bonds. The third kappa shape index (κ3) is 3.25. The molecule has 0 unspecified atom stereocenters. The van der Waals surface area contributed by atoms with Crippen LogP contribution < -0.4 is 10.1 Å². The van der Waals surface area contributed by atoms with Crippen LogP contribution in [-0.4, -0.2) is 30.9 Å². The normalized spacial score (nSPS) is 17.0. The molecule has 2 aliphatic rings. The number of carbonyl (C=O) groups excluding carboxylic acids is 1. The summed E-state index contributed by atoms with van der Waals surface area (Å²) in [6.45, 7) is 4.25. The molecule has 1 saturated heterocycles. The van der Waals surface area contributed by atoms with E-state index < -0.39 is 0 Å². The number of anilines is 1. The van der Waals surface area contributed by atoms with Gasteiger partial charge in [-0.15, -0.1) is 0 Å². The molecule has 1 fully saturated rings. The van der Waals surface area contributed by atoms with Crippen molar-refractivity contribution in [1.82, 2.24) is 4.90 Å². The molecule has 2 aromatic carbocycles. The van der Waals surface area contributed by atoms with Gasteiger partial charge in [-0.2, -0.15) is 0 Å². The fraction of sp³-hybridized carbons (Fsp3) is 0.318. The lowest BCUT2D eigenvalue weighted by molar-refractivity contribution is -0.114. The van der Waals surface area contributed by atoms with Crippen molar-refractivity contribution in [3.05, 3.63) is 64.7 Å². The van der Waals surface area contributed by atoms with Crippen molar-refractivity contribution in [2.45, 2.75) is 26.4 Å². The molecule has 0 spiro atoms. The van der Waals surface area contributed by atoms with Gasteiger partial charge < -0.3 is 15.0 Å². The molecule has 0 atom stereocenters. The van der Waals surface area contributed by atoms with E-state index in [-0.39, 0.29) is 5.91 Å². The standard InChI is InChI=1S/C22H24N2O2/c1-15(25)23-18-7-8-21-20(13-18)22(16-9-11-24(2)12-10-16)19-6-4-3-5-17(19)14-26-21/h3-8,13H,9-12,14H2,1-2H3,(H,23,25). The number of nitrogens with one attached hydrogen (secondary N) is 1. The van der Waals surface area contributed by atoms with Crippen molar-refractivity contribution in [2.75, 3.05) is 25.5 Å². The van der Waals surface area contributed by atoms with E-state index in [0.717, 1.165) is 42.9 Å². The maximum absolute atomic E-state index is 11.5. The van der Waals surface area contributed by atoms with Gasteiger partial charge in [0.05, 0.1) is 0 Å². The zero-order chi connectivity index (χ0) is 18.1. The summed E-state index contributed by atoms with van der Waals surface area (Å²) < 4.78 is 6.12. The van der Waals surface area contributed by atoms with E-state index in [2.05, 4.69) is 47.6 Å². The molecule has 2 aliphatic heterocycles. The summed E-state index contributed by atoms with van der Waals surface area (Å²) in [5.74, 6) is 0.824. The molecular formula is C22H24N2O2. The number of ether oxygens (including phenoxy) is 1. The van der Waals surface area contributed by atoms with E-state index in [4.69, 9.17) is 4.74 Å². The molecule has 4 rings (SSSR count). The first-order valence-electron chi connectivity index (χ1n) is 9.15. The van der Waals surface area contributed by atoms with Gasteiger partial charge in [-0.1, -0.05) is 29.8 Å². The highest BCUT2D eigenvalue weighted by Gasteiger charge is 2.24. The van der Waals surface area contributed by atoms with Gasteiger partial charge in [-0.25, -0.2) is 0 Å². The Morgan fingerprint density at radius 1 is 1.08 bits per heavy atom. The average Bonchev–Trinajstić information content (AvgIpc) is 2.79. The van der Waals surface area contributed by atoms with Crippen molar-refractivity contribution in [3.63, 3.8) is 0 Å². The SMILES string of the molecule is CC(=O)Nc1ccc2c(c1)C(=C1CCN(C)CC1)c1ccccc1CO2. The minimum atomic E-state index is -0.0617. The maximum Gasteiger partial charge on any atom is 0.221 e. The average molecular weight is 348 g/mol. The Balaban J connectivity index is 1.90. The van der Waals surface area contributed by atoms with Crippen molar-refractivity contribution < 1.29 is 9.53 Å². The van der Waals surface area contributed by atoms with E-state index in [9.17, 15) is 4.79 Å². The molecule has 0 aromatic heterocycles. The molecule has 0 radical (unpaired) electrons. The number of hydrogen-bond acceptors (Lipinski definition) is 3. The topological polar surface area (TPSA) is 41.6 Å². The smallest absolute Gasteiger partial charge is 0.221 e. The number of likely N-dealkylation sites (tertiary alicyclic amines) is 1. The van der Waals surface area contributed by atoms with Crippen LogP contribution in [0.25, 0.3) is 5.57 Å². The van der Waals surface area contributed by atoms with Crippen molar-refractivity contribution in [1.29, 1.82) is 0 Å². The summed E-state index contributed by atoms with van der Waals surface area (Å²) in [5, 5.41) is 2.90. The van der Waals surface area contributed by atoms with Gasteiger partial charge in [0.2, 0.25) is 5.91 Å². The number of benzene rings is 2. The zero-order valence-corrected chi connectivity index (χ0v) is 15.3. The van der Waals surface area contributed by atoms with Crippen LogP contribution in [-0.2, 0) is 11.4 Å². The number of rotatable bonds is 1. The van der Waals surface area contributed by atoms with Crippen LogP contribution >= 0.6 is 0 Å². The van der Waals surface area contributed by atoms with Gasteiger partial charge in [0, 0.05) is 31.3 Å². The van der Waals surface area contributed by atoms with Gasteiger partial charge in [-0.05, 0) is 54.8 Å². The molecule has 26 heavy (non-hydrogen) atoms.